The minimum Gasteiger partial charge on any atom is -0.436 e. The molecular weight excluding hydrogens is 276 g/mol. The van der Waals surface area contributed by atoms with Crippen LogP contribution in [-0.2, 0) is 28.5 Å². The van der Waals surface area contributed by atoms with Crippen molar-refractivity contribution in [1.82, 2.24) is 0 Å². The molecule has 0 spiro atoms. The Morgan fingerprint density at radius 3 is 1.95 bits per heavy atom. The van der Waals surface area contributed by atoms with E-state index in [1.165, 1.54) is 12.2 Å². The van der Waals surface area contributed by atoms with Crippen molar-refractivity contribution in [3.8, 4) is 0 Å². The minimum absolute atomic E-state index is 0.0232. The third-order valence-corrected chi connectivity index (χ3v) is 2.11. The fourth-order valence-corrected chi connectivity index (χ4v) is 1.18. The van der Waals surface area contributed by atoms with E-state index in [4.69, 9.17) is 18.9 Å². The number of esters is 2. The van der Waals surface area contributed by atoms with Crippen LogP contribution in [0.5, 0.6) is 0 Å². The van der Waals surface area contributed by atoms with Crippen LogP contribution in [0, 0.1) is 0 Å². The number of ether oxygens (including phenoxy) is 4. The van der Waals surface area contributed by atoms with Gasteiger partial charge in [0.1, 0.15) is 0 Å². The van der Waals surface area contributed by atoms with Crippen molar-refractivity contribution in [3.63, 3.8) is 0 Å². The van der Waals surface area contributed by atoms with Gasteiger partial charge in [-0.2, -0.15) is 0 Å². The van der Waals surface area contributed by atoms with E-state index in [2.05, 4.69) is 19.7 Å². The third kappa shape index (κ3) is 9.59. The zero-order valence-corrected chi connectivity index (χ0v) is 12.5. The number of hydrogen-bond acceptors (Lipinski definition) is 6. The summed E-state index contributed by atoms with van der Waals surface area (Å²) in [6.07, 6.45) is 1.30. The average Bonchev–Trinajstić information content (AvgIpc) is 2.42. The highest BCUT2D eigenvalue weighted by Crippen LogP contribution is 2.07. The summed E-state index contributed by atoms with van der Waals surface area (Å²) in [5.74, 6) is -1.35. The van der Waals surface area contributed by atoms with Crippen molar-refractivity contribution >= 4 is 11.9 Å². The lowest BCUT2D eigenvalue weighted by Gasteiger charge is -2.15. The summed E-state index contributed by atoms with van der Waals surface area (Å²) in [7, 11) is 0. The lowest BCUT2D eigenvalue weighted by Crippen LogP contribution is -2.22. The Kier molecular flexibility index (Phi) is 9.83. The summed E-state index contributed by atoms with van der Waals surface area (Å²) in [5, 5.41) is 0. The smallest absolute Gasteiger partial charge is 0.336 e. The van der Waals surface area contributed by atoms with Crippen molar-refractivity contribution in [2.75, 3.05) is 13.2 Å². The SMILES string of the molecule is C=CCOC(C)OC(=O)CC(=C)C(=O)OC(C)OCC=C. The Morgan fingerprint density at radius 2 is 1.48 bits per heavy atom. The van der Waals surface area contributed by atoms with Gasteiger partial charge in [0, 0.05) is 5.57 Å². The Morgan fingerprint density at radius 1 is 1.00 bits per heavy atom. The zero-order chi connectivity index (χ0) is 16.3. The van der Waals surface area contributed by atoms with Gasteiger partial charge in [0.15, 0.2) is 6.29 Å². The van der Waals surface area contributed by atoms with Gasteiger partial charge in [-0.3, -0.25) is 4.79 Å². The Bertz CT molecular complexity index is 388. The molecule has 0 aromatic carbocycles. The number of carbonyl (C=O) groups excluding carboxylic acids is 2. The monoisotopic (exact) mass is 298 g/mol. The second-order valence-electron chi connectivity index (χ2n) is 4.05. The summed E-state index contributed by atoms with van der Waals surface area (Å²) in [6, 6.07) is 0. The predicted molar refractivity (Wildman–Crippen MR) is 77.2 cm³/mol. The maximum absolute atomic E-state index is 11.6. The normalized spacial score (nSPS) is 12.9. The van der Waals surface area contributed by atoms with Crippen LogP contribution in [0.2, 0.25) is 0 Å². The molecule has 6 nitrogen and oxygen atoms in total. The lowest BCUT2D eigenvalue weighted by atomic mass is 10.2. The highest BCUT2D eigenvalue weighted by Gasteiger charge is 2.18. The second-order valence-corrected chi connectivity index (χ2v) is 4.05. The average molecular weight is 298 g/mol. The largest absolute Gasteiger partial charge is 0.436 e. The van der Waals surface area contributed by atoms with E-state index in [-0.39, 0.29) is 25.2 Å². The first-order chi connectivity index (χ1) is 9.90. The van der Waals surface area contributed by atoms with Crippen LogP contribution in [0.1, 0.15) is 20.3 Å². The van der Waals surface area contributed by atoms with Gasteiger partial charge in [0.05, 0.1) is 19.6 Å². The molecular formula is C15H22O6. The molecule has 0 aromatic rings. The zero-order valence-electron chi connectivity index (χ0n) is 12.5. The van der Waals surface area contributed by atoms with E-state index in [0.29, 0.717) is 0 Å². The van der Waals surface area contributed by atoms with Crippen LogP contribution in [-0.4, -0.2) is 37.7 Å². The van der Waals surface area contributed by atoms with Gasteiger partial charge in [-0.1, -0.05) is 18.7 Å². The highest BCUT2D eigenvalue weighted by atomic mass is 16.7. The van der Waals surface area contributed by atoms with Crippen molar-refractivity contribution in [2.24, 2.45) is 0 Å². The molecule has 0 N–H and O–H groups in total. The molecule has 0 radical (unpaired) electrons. The highest BCUT2D eigenvalue weighted by molar-refractivity contribution is 5.93. The maximum Gasteiger partial charge on any atom is 0.336 e. The molecule has 2 unspecified atom stereocenters. The molecule has 0 heterocycles. The van der Waals surface area contributed by atoms with Crippen LogP contribution >= 0.6 is 0 Å². The first-order valence-corrected chi connectivity index (χ1v) is 6.44. The Balaban J connectivity index is 4.10. The van der Waals surface area contributed by atoms with Crippen molar-refractivity contribution in [1.29, 1.82) is 0 Å². The van der Waals surface area contributed by atoms with Gasteiger partial charge in [-0.05, 0) is 13.8 Å². The van der Waals surface area contributed by atoms with Gasteiger partial charge in [-0.25, -0.2) is 4.79 Å². The van der Waals surface area contributed by atoms with Crippen LogP contribution in [0.25, 0.3) is 0 Å². The van der Waals surface area contributed by atoms with Crippen LogP contribution in [0.15, 0.2) is 37.5 Å². The van der Waals surface area contributed by atoms with Gasteiger partial charge < -0.3 is 18.9 Å². The van der Waals surface area contributed by atoms with Crippen LogP contribution in [0.4, 0.5) is 0 Å². The third-order valence-electron chi connectivity index (χ3n) is 2.11. The van der Waals surface area contributed by atoms with Crippen LogP contribution < -0.4 is 0 Å². The maximum atomic E-state index is 11.6. The molecule has 0 aliphatic heterocycles. The van der Waals surface area contributed by atoms with Crippen molar-refractivity contribution < 1.29 is 28.5 Å². The summed E-state index contributed by atoms with van der Waals surface area (Å²) >= 11 is 0. The predicted octanol–water partition coefficient (Wildman–Crippen LogP) is 2.12. The quantitative estimate of drug-likeness (QED) is 0.252. The lowest BCUT2D eigenvalue weighted by molar-refractivity contribution is -0.175. The second kappa shape index (κ2) is 10.8. The first kappa shape index (κ1) is 19.1. The molecule has 0 aromatic heterocycles. The van der Waals surface area contributed by atoms with Gasteiger partial charge in [0.2, 0.25) is 6.29 Å². The molecule has 0 bridgehead atoms. The van der Waals surface area contributed by atoms with E-state index in [9.17, 15) is 9.59 Å². The first-order valence-electron chi connectivity index (χ1n) is 6.44. The van der Waals surface area contributed by atoms with Crippen molar-refractivity contribution in [2.45, 2.75) is 32.8 Å². The number of rotatable bonds is 11. The molecule has 0 saturated carbocycles. The van der Waals surface area contributed by atoms with E-state index in [0.717, 1.165) is 0 Å². The summed E-state index contributed by atoms with van der Waals surface area (Å²) in [4.78, 5) is 23.2. The fraction of sp³-hybridized carbons (Fsp3) is 0.467. The molecule has 0 rings (SSSR count). The molecule has 6 heteroatoms. The molecule has 0 aliphatic carbocycles. The Labute approximate surface area is 125 Å². The van der Waals surface area contributed by atoms with E-state index in [1.807, 2.05) is 0 Å². The van der Waals surface area contributed by atoms with Crippen LogP contribution in [0.3, 0.4) is 0 Å². The number of hydrogen-bond donors (Lipinski definition) is 0. The summed E-state index contributed by atoms with van der Waals surface area (Å²) in [5.41, 5.74) is -0.0232. The molecule has 0 saturated heterocycles. The minimum atomic E-state index is -0.752. The van der Waals surface area contributed by atoms with Gasteiger partial charge >= 0.3 is 11.9 Å². The number of carbonyl (C=O) groups is 2. The topological polar surface area (TPSA) is 71.1 Å². The standard InChI is InChI=1S/C15H22O6/c1-6-8-18-12(4)20-14(16)10-11(3)15(17)21-13(5)19-9-7-2/h6-7,12-13H,1-3,8-10H2,4-5H3. The van der Waals surface area contributed by atoms with E-state index >= 15 is 0 Å². The van der Waals surface area contributed by atoms with E-state index in [1.54, 1.807) is 13.8 Å². The molecule has 2 atom stereocenters. The Hall–Kier alpha value is -1.92. The fourth-order valence-electron chi connectivity index (χ4n) is 1.18. The van der Waals surface area contributed by atoms with E-state index < -0.39 is 24.5 Å². The summed E-state index contributed by atoms with van der Waals surface area (Å²) < 4.78 is 20.0. The molecule has 0 amide bonds. The molecule has 0 fully saturated rings. The molecule has 0 aliphatic rings. The van der Waals surface area contributed by atoms with Gasteiger partial charge in [0.25, 0.3) is 0 Å². The summed E-state index contributed by atoms with van der Waals surface area (Å²) in [6.45, 7) is 14.1. The van der Waals surface area contributed by atoms with Gasteiger partial charge in [-0.15, -0.1) is 13.2 Å². The molecule has 21 heavy (non-hydrogen) atoms. The molecule has 118 valence electrons. The van der Waals surface area contributed by atoms with Crippen molar-refractivity contribution in [3.05, 3.63) is 37.5 Å².